The number of nitrogens with zero attached hydrogens (tertiary/aromatic N) is 4. The molecule has 1 N–H and O–H groups in total. The SMILES string of the molecule is c1cnc2nc(N3C[C@H]4CNC[C@H]4C3)ccc2n1. The predicted molar refractivity (Wildman–Crippen MR) is 69.4 cm³/mol. The van der Waals surface area contributed by atoms with E-state index in [1.54, 1.807) is 12.4 Å². The van der Waals surface area contributed by atoms with Crippen LogP contribution in [0.3, 0.4) is 0 Å². The lowest BCUT2D eigenvalue weighted by Crippen LogP contribution is -2.26. The summed E-state index contributed by atoms with van der Waals surface area (Å²) in [6.07, 6.45) is 3.40. The molecule has 2 aromatic rings. The van der Waals surface area contributed by atoms with Crippen LogP contribution in [0.2, 0.25) is 0 Å². The van der Waals surface area contributed by atoms with E-state index in [0.29, 0.717) is 0 Å². The Balaban J connectivity index is 1.67. The Morgan fingerprint density at radius 2 is 1.83 bits per heavy atom. The van der Waals surface area contributed by atoms with Crippen molar-refractivity contribution < 1.29 is 0 Å². The number of hydrogen-bond donors (Lipinski definition) is 1. The maximum Gasteiger partial charge on any atom is 0.180 e. The highest BCUT2D eigenvalue weighted by molar-refractivity contribution is 5.71. The molecule has 5 heteroatoms. The normalized spacial score (nSPS) is 26.8. The van der Waals surface area contributed by atoms with Crippen molar-refractivity contribution >= 4 is 17.0 Å². The van der Waals surface area contributed by atoms with E-state index in [-0.39, 0.29) is 0 Å². The lowest BCUT2D eigenvalue weighted by molar-refractivity contribution is 0.533. The number of hydrogen-bond acceptors (Lipinski definition) is 5. The van der Waals surface area contributed by atoms with Crippen LogP contribution in [-0.4, -0.2) is 41.1 Å². The molecule has 0 saturated carbocycles. The lowest BCUT2D eigenvalue weighted by atomic mass is 10.0. The van der Waals surface area contributed by atoms with E-state index in [2.05, 4.69) is 31.2 Å². The van der Waals surface area contributed by atoms with Crippen LogP contribution >= 0.6 is 0 Å². The monoisotopic (exact) mass is 241 g/mol. The first-order valence-corrected chi connectivity index (χ1v) is 6.43. The molecule has 0 unspecified atom stereocenters. The first-order chi connectivity index (χ1) is 8.90. The van der Waals surface area contributed by atoms with Gasteiger partial charge in [0.15, 0.2) is 5.65 Å². The van der Waals surface area contributed by atoms with Crippen molar-refractivity contribution in [3.05, 3.63) is 24.5 Å². The van der Waals surface area contributed by atoms with E-state index < -0.39 is 0 Å². The van der Waals surface area contributed by atoms with Gasteiger partial charge in [0.1, 0.15) is 11.3 Å². The summed E-state index contributed by atoms with van der Waals surface area (Å²) < 4.78 is 0. The summed E-state index contributed by atoms with van der Waals surface area (Å²) in [4.78, 5) is 15.5. The van der Waals surface area contributed by atoms with Crippen molar-refractivity contribution in [2.24, 2.45) is 11.8 Å². The highest BCUT2D eigenvalue weighted by Gasteiger charge is 2.36. The molecule has 2 saturated heterocycles. The molecule has 92 valence electrons. The Bertz CT molecular complexity index is 572. The first kappa shape index (κ1) is 10.2. The van der Waals surface area contributed by atoms with Crippen molar-refractivity contribution in [2.45, 2.75) is 0 Å². The Morgan fingerprint density at radius 3 is 2.67 bits per heavy atom. The number of nitrogens with one attached hydrogen (secondary N) is 1. The van der Waals surface area contributed by atoms with Gasteiger partial charge in [-0.15, -0.1) is 0 Å². The highest BCUT2D eigenvalue weighted by atomic mass is 15.2. The van der Waals surface area contributed by atoms with Crippen LogP contribution in [0.15, 0.2) is 24.5 Å². The van der Waals surface area contributed by atoms with Crippen LogP contribution in [0.4, 0.5) is 5.82 Å². The van der Waals surface area contributed by atoms with Crippen LogP contribution in [0.1, 0.15) is 0 Å². The van der Waals surface area contributed by atoms with E-state index in [1.165, 1.54) is 0 Å². The van der Waals surface area contributed by atoms with Crippen LogP contribution in [0.25, 0.3) is 11.2 Å². The zero-order valence-electron chi connectivity index (χ0n) is 10.1. The van der Waals surface area contributed by atoms with Crippen LogP contribution in [0, 0.1) is 11.8 Å². The average Bonchev–Trinajstić information content (AvgIpc) is 2.99. The zero-order chi connectivity index (χ0) is 11.9. The van der Waals surface area contributed by atoms with Crippen molar-refractivity contribution in [2.75, 3.05) is 31.1 Å². The molecule has 0 aromatic carbocycles. The van der Waals surface area contributed by atoms with Gasteiger partial charge in [-0.25, -0.2) is 9.97 Å². The fourth-order valence-corrected chi connectivity index (χ4v) is 3.06. The van der Waals surface area contributed by atoms with Gasteiger partial charge >= 0.3 is 0 Å². The van der Waals surface area contributed by atoms with Gasteiger partial charge in [-0.1, -0.05) is 0 Å². The van der Waals surface area contributed by atoms with Crippen LogP contribution in [-0.2, 0) is 0 Å². The third kappa shape index (κ3) is 1.54. The van der Waals surface area contributed by atoms with Gasteiger partial charge in [-0.3, -0.25) is 4.98 Å². The Kier molecular flexibility index (Phi) is 2.20. The van der Waals surface area contributed by atoms with Gasteiger partial charge < -0.3 is 10.2 Å². The molecular weight excluding hydrogens is 226 g/mol. The van der Waals surface area contributed by atoms with Crippen molar-refractivity contribution in [3.63, 3.8) is 0 Å². The van der Waals surface area contributed by atoms with Gasteiger partial charge in [0.05, 0.1) is 0 Å². The van der Waals surface area contributed by atoms with Crippen LogP contribution in [0.5, 0.6) is 0 Å². The maximum absolute atomic E-state index is 4.62. The topological polar surface area (TPSA) is 53.9 Å². The molecule has 0 bridgehead atoms. The number of pyridine rings is 1. The highest BCUT2D eigenvalue weighted by Crippen LogP contribution is 2.29. The smallest absolute Gasteiger partial charge is 0.180 e. The van der Waals surface area contributed by atoms with E-state index in [0.717, 1.165) is 55.0 Å². The minimum absolute atomic E-state index is 0.741. The van der Waals surface area contributed by atoms with Gasteiger partial charge in [0.25, 0.3) is 0 Å². The molecule has 0 aliphatic carbocycles. The molecule has 2 aliphatic rings. The molecule has 2 aliphatic heterocycles. The van der Waals surface area contributed by atoms with Gasteiger partial charge in [0, 0.05) is 38.6 Å². The third-order valence-electron chi connectivity index (χ3n) is 4.03. The number of fused-ring (bicyclic) bond motifs is 2. The van der Waals surface area contributed by atoms with E-state index >= 15 is 0 Å². The number of anilines is 1. The second-order valence-electron chi connectivity index (χ2n) is 5.15. The summed E-state index contributed by atoms with van der Waals surface area (Å²) in [6.45, 7) is 4.51. The summed E-state index contributed by atoms with van der Waals surface area (Å²) in [5.41, 5.74) is 1.60. The molecule has 2 aromatic heterocycles. The molecular formula is C13H15N5. The van der Waals surface area contributed by atoms with E-state index in [1.807, 2.05) is 6.07 Å². The van der Waals surface area contributed by atoms with Gasteiger partial charge in [-0.05, 0) is 24.0 Å². The van der Waals surface area contributed by atoms with Gasteiger partial charge in [0.2, 0.25) is 0 Å². The predicted octanol–water partition coefficient (Wildman–Crippen LogP) is 0.680. The maximum atomic E-state index is 4.62. The minimum atomic E-state index is 0.741. The zero-order valence-corrected chi connectivity index (χ0v) is 10.1. The summed E-state index contributed by atoms with van der Waals surface area (Å²) in [7, 11) is 0. The van der Waals surface area contributed by atoms with Crippen molar-refractivity contribution in [3.8, 4) is 0 Å². The summed E-state index contributed by atoms with van der Waals surface area (Å²) >= 11 is 0. The first-order valence-electron chi connectivity index (χ1n) is 6.43. The molecule has 18 heavy (non-hydrogen) atoms. The number of rotatable bonds is 1. The molecule has 5 nitrogen and oxygen atoms in total. The molecule has 0 spiro atoms. The molecule has 4 rings (SSSR count). The minimum Gasteiger partial charge on any atom is -0.356 e. The fourth-order valence-electron chi connectivity index (χ4n) is 3.06. The quantitative estimate of drug-likeness (QED) is 0.795. The second-order valence-corrected chi connectivity index (χ2v) is 5.15. The fraction of sp³-hybridized carbons (Fsp3) is 0.462. The van der Waals surface area contributed by atoms with E-state index in [4.69, 9.17) is 0 Å². The largest absolute Gasteiger partial charge is 0.356 e. The second kappa shape index (κ2) is 3.88. The van der Waals surface area contributed by atoms with E-state index in [9.17, 15) is 0 Å². The van der Waals surface area contributed by atoms with Gasteiger partial charge in [-0.2, -0.15) is 0 Å². The average molecular weight is 241 g/mol. The molecule has 0 amide bonds. The van der Waals surface area contributed by atoms with Crippen LogP contribution < -0.4 is 10.2 Å². The van der Waals surface area contributed by atoms with Crippen molar-refractivity contribution in [1.29, 1.82) is 0 Å². The summed E-state index contributed by atoms with van der Waals surface area (Å²) in [5.74, 6) is 2.60. The Hall–Kier alpha value is -1.75. The van der Waals surface area contributed by atoms with Crippen molar-refractivity contribution in [1.82, 2.24) is 20.3 Å². The summed E-state index contributed by atoms with van der Waals surface area (Å²) in [5, 5.41) is 3.46. The third-order valence-corrected chi connectivity index (χ3v) is 4.03. The molecule has 0 radical (unpaired) electrons. The molecule has 2 fully saturated rings. The number of aromatic nitrogens is 3. The molecule has 2 atom stereocenters. The standard InChI is InChI=1S/C13H15N5/c1-2-12(17-13-11(1)15-3-4-16-13)18-7-9-5-14-6-10(9)8-18/h1-4,9-10,14H,5-8H2/t9-,10+. The summed E-state index contributed by atoms with van der Waals surface area (Å²) in [6, 6.07) is 4.07. The lowest BCUT2D eigenvalue weighted by Gasteiger charge is -2.18. The Labute approximate surface area is 105 Å². The Morgan fingerprint density at radius 1 is 1.06 bits per heavy atom. The molecule has 4 heterocycles.